The first-order valence-corrected chi connectivity index (χ1v) is 10.5. The number of sulfonamides is 1. The molecular formula is C20H18N4O6S. The number of ether oxygens (including phenoxy) is 2. The van der Waals surface area contributed by atoms with Crippen molar-refractivity contribution < 1.29 is 22.8 Å². The average Bonchev–Trinajstić information content (AvgIpc) is 3.05. The van der Waals surface area contributed by atoms with Crippen LogP contribution < -0.4 is 14.2 Å². The highest BCUT2D eigenvalue weighted by molar-refractivity contribution is 7.92. The highest BCUT2D eigenvalue weighted by Gasteiger charge is 2.20. The zero-order chi connectivity index (χ0) is 22.3. The molecule has 0 bridgehead atoms. The van der Waals surface area contributed by atoms with Gasteiger partial charge in [0.1, 0.15) is 5.69 Å². The largest absolute Gasteiger partial charge is 0.481 e. The van der Waals surface area contributed by atoms with Crippen LogP contribution in [-0.4, -0.2) is 37.1 Å². The van der Waals surface area contributed by atoms with Crippen LogP contribution in [0.5, 0.6) is 11.8 Å². The number of nitrogens with one attached hydrogen (secondary N) is 1. The van der Waals surface area contributed by atoms with E-state index in [0.29, 0.717) is 16.3 Å². The van der Waals surface area contributed by atoms with Gasteiger partial charge in [-0.3, -0.25) is 14.8 Å². The summed E-state index contributed by atoms with van der Waals surface area (Å²) < 4.78 is 40.5. The first kappa shape index (κ1) is 20.4. The maximum absolute atomic E-state index is 13.0. The number of aromatic nitrogens is 2. The molecular weight excluding hydrogens is 424 g/mol. The molecule has 2 aromatic heterocycles. The van der Waals surface area contributed by atoms with Crippen LogP contribution in [0.3, 0.4) is 0 Å². The lowest BCUT2D eigenvalue weighted by molar-refractivity contribution is -0.384. The van der Waals surface area contributed by atoms with Gasteiger partial charge in [-0.05, 0) is 30.3 Å². The number of non-ortho nitro benzene ring substituents is 1. The summed E-state index contributed by atoms with van der Waals surface area (Å²) in [5.41, 5.74) is 1.51. The summed E-state index contributed by atoms with van der Waals surface area (Å²) in [7, 11) is 0.626. The van der Waals surface area contributed by atoms with E-state index in [1.54, 1.807) is 23.7 Å². The van der Waals surface area contributed by atoms with Crippen molar-refractivity contribution in [2.45, 2.75) is 4.90 Å². The molecule has 11 heteroatoms. The number of nitro groups is 1. The zero-order valence-corrected chi connectivity index (χ0v) is 17.6. The van der Waals surface area contributed by atoms with Gasteiger partial charge in [0.25, 0.3) is 15.7 Å². The number of aryl methyl sites for hydroxylation is 1. The summed E-state index contributed by atoms with van der Waals surface area (Å²) in [6, 6.07) is 12.2. The molecule has 0 spiro atoms. The van der Waals surface area contributed by atoms with Crippen LogP contribution in [0.4, 0.5) is 11.4 Å². The topological polar surface area (TPSA) is 126 Å². The number of fused-ring (bicyclic) bond motifs is 3. The van der Waals surface area contributed by atoms with Gasteiger partial charge in [0.2, 0.25) is 11.8 Å². The predicted molar refractivity (Wildman–Crippen MR) is 115 cm³/mol. The first-order chi connectivity index (χ1) is 14.7. The molecule has 4 rings (SSSR count). The minimum atomic E-state index is -3.97. The van der Waals surface area contributed by atoms with E-state index in [1.807, 2.05) is 0 Å². The van der Waals surface area contributed by atoms with Crippen molar-refractivity contribution in [2.75, 3.05) is 18.9 Å². The Bertz CT molecular complexity index is 1450. The molecule has 10 nitrogen and oxygen atoms in total. The standard InChI is InChI=1S/C20H18N4O6S/c1-23-17-8-5-13(11-15(17)14-6-4-12(24(25)26)10-18(14)23)31(27,28)22-16-7-9-19(29-2)21-20(16)30-3/h4-11,22H,1-3H3. The average molecular weight is 442 g/mol. The van der Waals surface area contributed by atoms with E-state index in [1.165, 1.54) is 50.6 Å². The Morgan fingerprint density at radius 1 is 1.00 bits per heavy atom. The fourth-order valence-corrected chi connectivity index (χ4v) is 4.52. The molecule has 0 fully saturated rings. The molecule has 0 radical (unpaired) electrons. The third-order valence-electron chi connectivity index (χ3n) is 4.96. The molecule has 2 heterocycles. The van der Waals surface area contributed by atoms with Crippen molar-refractivity contribution in [3.8, 4) is 11.8 Å². The van der Waals surface area contributed by atoms with Gasteiger partial charge in [0.15, 0.2) is 0 Å². The molecule has 0 saturated heterocycles. The lowest BCUT2D eigenvalue weighted by Crippen LogP contribution is -2.14. The maximum Gasteiger partial charge on any atom is 0.271 e. The number of hydrogen-bond donors (Lipinski definition) is 1. The van der Waals surface area contributed by atoms with Gasteiger partial charge in [0, 0.05) is 41.5 Å². The van der Waals surface area contributed by atoms with Gasteiger partial charge in [-0.25, -0.2) is 8.42 Å². The SMILES string of the molecule is COc1ccc(NS(=O)(=O)c2ccc3c(c2)c2ccc([N+](=O)[O-])cc2n3C)c(OC)n1. The number of benzene rings is 2. The normalized spacial score (nSPS) is 11.6. The van der Waals surface area contributed by atoms with Crippen molar-refractivity contribution in [3.05, 3.63) is 58.6 Å². The van der Waals surface area contributed by atoms with Crippen LogP contribution in [0, 0.1) is 10.1 Å². The summed E-state index contributed by atoms with van der Waals surface area (Å²) >= 11 is 0. The summed E-state index contributed by atoms with van der Waals surface area (Å²) in [6.07, 6.45) is 0. The molecule has 4 aromatic rings. The molecule has 1 N–H and O–H groups in total. The Morgan fingerprint density at radius 3 is 2.45 bits per heavy atom. The van der Waals surface area contributed by atoms with Crippen LogP contribution in [0.1, 0.15) is 0 Å². The second-order valence-corrected chi connectivity index (χ2v) is 8.39. The van der Waals surface area contributed by atoms with E-state index in [4.69, 9.17) is 9.47 Å². The first-order valence-electron chi connectivity index (χ1n) is 9.03. The minimum absolute atomic E-state index is 0.0312. The Morgan fingerprint density at radius 2 is 1.77 bits per heavy atom. The van der Waals surface area contributed by atoms with Gasteiger partial charge in [-0.2, -0.15) is 4.98 Å². The molecule has 0 amide bonds. The smallest absolute Gasteiger partial charge is 0.271 e. The number of pyridine rings is 1. The third-order valence-corrected chi connectivity index (χ3v) is 6.33. The van der Waals surface area contributed by atoms with Gasteiger partial charge >= 0.3 is 0 Å². The highest BCUT2D eigenvalue weighted by atomic mass is 32.2. The zero-order valence-electron chi connectivity index (χ0n) is 16.8. The van der Waals surface area contributed by atoms with Crippen LogP contribution in [0.15, 0.2) is 53.4 Å². The van der Waals surface area contributed by atoms with Crippen LogP contribution in [-0.2, 0) is 17.1 Å². The van der Waals surface area contributed by atoms with Crippen molar-refractivity contribution in [1.82, 2.24) is 9.55 Å². The number of anilines is 1. The molecule has 0 unspecified atom stereocenters. The molecule has 0 atom stereocenters. The number of nitro benzene ring substituents is 1. The molecule has 0 saturated carbocycles. The van der Waals surface area contributed by atoms with E-state index in [2.05, 4.69) is 9.71 Å². The predicted octanol–water partition coefficient (Wildman–Crippen LogP) is 3.45. The minimum Gasteiger partial charge on any atom is -0.481 e. The number of nitrogens with zero attached hydrogens (tertiary/aromatic N) is 3. The van der Waals surface area contributed by atoms with Crippen molar-refractivity contribution in [2.24, 2.45) is 7.05 Å². The Labute approximate surface area is 177 Å². The summed E-state index contributed by atoms with van der Waals surface area (Å²) in [6.45, 7) is 0. The summed E-state index contributed by atoms with van der Waals surface area (Å²) in [5.74, 6) is 0.354. The fraction of sp³-hybridized carbons (Fsp3) is 0.150. The number of methoxy groups -OCH3 is 2. The Hall–Kier alpha value is -3.86. The second kappa shape index (κ2) is 7.43. The van der Waals surface area contributed by atoms with Gasteiger partial charge in [-0.15, -0.1) is 0 Å². The molecule has 0 aliphatic carbocycles. The van der Waals surface area contributed by atoms with Crippen molar-refractivity contribution in [3.63, 3.8) is 0 Å². The highest BCUT2D eigenvalue weighted by Crippen LogP contribution is 2.33. The van der Waals surface area contributed by atoms with Gasteiger partial charge in [-0.1, -0.05) is 0 Å². The number of rotatable bonds is 6. The summed E-state index contributed by atoms with van der Waals surface area (Å²) in [4.78, 5) is 14.7. The molecule has 0 aliphatic heterocycles. The molecule has 31 heavy (non-hydrogen) atoms. The van der Waals surface area contributed by atoms with E-state index in [9.17, 15) is 18.5 Å². The lowest BCUT2D eigenvalue weighted by atomic mass is 10.1. The number of hydrogen-bond acceptors (Lipinski definition) is 7. The molecule has 160 valence electrons. The van der Waals surface area contributed by atoms with E-state index >= 15 is 0 Å². The Balaban J connectivity index is 1.80. The van der Waals surface area contributed by atoms with Gasteiger partial charge < -0.3 is 14.0 Å². The lowest BCUT2D eigenvalue weighted by Gasteiger charge is -2.12. The molecule has 2 aromatic carbocycles. The third kappa shape index (κ3) is 3.48. The quantitative estimate of drug-likeness (QED) is 0.358. The van der Waals surface area contributed by atoms with Crippen molar-refractivity contribution in [1.29, 1.82) is 0 Å². The Kier molecular flexibility index (Phi) is 4.90. The fourth-order valence-electron chi connectivity index (χ4n) is 3.43. The monoisotopic (exact) mass is 442 g/mol. The van der Waals surface area contributed by atoms with Crippen molar-refractivity contribution >= 4 is 43.2 Å². The molecule has 0 aliphatic rings. The van der Waals surface area contributed by atoms with Crippen LogP contribution >= 0.6 is 0 Å². The maximum atomic E-state index is 13.0. The second-order valence-electron chi connectivity index (χ2n) is 6.71. The van der Waals surface area contributed by atoms with Gasteiger partial charge in [0.05, 0.1) is 29.6 Å². The van der Waals surface area contributed by atoms with E-state index in [0.717, 1.165) is 5.52 Å². The van der Waals surface area contributed by atoms with Crippen LogP contribution in [0.2, 0.25) is 0 Å². The summed E-state index contributed by atoms with van der Waals surface area (Å²) in [5, 5.41) is 12.5. The van der Waals surface area contributed by atoms with E-state index < -0.39 is 14.9 Å². The van der Waals surface area contributed by atoms with Crippen LogP contribution in [0.25, 0.3) is 21.8 Å². The van der Waals surface area contributed by atoms with E-state index in [-0.39, 0.29) is 28.0 Å².